The standard InChI is InChI=1S/C12H19NO/c1-2-3-7-13-8-4-5-12(13)11-6-9-14-10-11/h6,9-10,12H,2-5,7-8H2,1H3. The summed E-state index contributed by atoms with van der Waals surface area (Å²) in [6.45, 7) is 4.76. The van der Waals surface area contributed by atoms with E-state index >= 15 is 0 Å². The van der Waals surface area contributed by atoms with Crippen LogP contribution in [0.15, 0.2) is 23.0 Å². The molecule has 1 unspecified atom stereocenters. The number of furan rings is 1. The smallest absolute Gasteiger partial charge is 0.0950 e. The molecule has 2 heterocycles. The molecular weight excluding hydrogens is 174 g/mol. The molecule has 2 rings (SSSR count). The maximum absolute atomic E-state index is 5.15. The Bertz CT molecular complexity index is 255. The highest BCUT2D eigenvalue weighted by molar-refractivity contribution is 5.13. The zero-order chi connectivity index (χ0) is 9.80. The van der Waals surface area contributed by atoms with E-state index in [1.807, 2.05) is 6.26 Å². The number of likely N-dealkylation sites (tertiary alicyclic amines) is 1. The number of rotatable bonds is 4. The molecule has 1 saturated heterocycles. The van der Waals surface area contributed by atoms with Gasteiger partial charge < -0.3 is 4.42 Å². The fourth-order valence-electron chi connectivity index (χ4n) is 2.30. The summed E-state index contributed by atoms with van der Waals surface area (Å²) >= 11 is 0. The molecule has 0 spiro atoms. The van der Waals surface area contributed by atoms with Crippen molar-refractivity contribution in [3.05, 3.63) is 24.2 Å². The van der Waals surface area contributed by atoms with Gasteiger partial charge in [-0.2, -0.15) is 0 Å². The average molecular weight is 193 g/mol. The maximum Gasteiger partial charge on any atom is 0.0950 e. The molecule has 1 aromatic rings. The van der Waals surface area contributed by atoms with Gasteiger partial charge in [0, 0.05) is 11.6 Å². The molecular formula is C12H19NO. The predicted molar refractivity (Wildman–Crippen MR) is 57.2 cm³/mol. The Morgan fingerprint density at radius 1 is 1.57 bits per heavy atom. The van der Waals surface area contributed by atoms with Crippen molar-refractivity contribution in [3.63, 3.8) is 0 Å². The summed E-state index contributed by atoms with van der Waals surface area (Å²) in [4.78, 5) is 2.59. The van der Waals surface area contributed by atoms with E-state index in [0.29, 0.717) is 6.04 Å². The first-order chi connectivity index (χ1) is 6.92. The zero-order valence-corrected chi connectivity index (χ0v) is 8.91. The molecule has 1 aliphatic heterocycles. The van der Waals surface area contributed by atoms with Crippen LogP contribution in [0.5, 0.6) is 0 Å². The molecule has 0 radical (unpaired) electrons. The maximum atomic E-state index is 5.15. The quantitative estimate of drug-likeness (QED) is 0.730. The van der Waals surface area contributed by atoms with Crippen LogP contribution in [0.3, 0.4) is 0 Å². The SMILES string of the molecule is CCCCN1CCCC1c1ccoc1. The van der Waals surface area contributed by atoms with Crippen molar-refractivity contribution in [2.75, 3.05) is 13.1 Å². The third-order valence-electron chi connectivity index (χ3n) is 3.09. The Labute approximate surface area is 85.9 Å². The zero-order valence-electron chi connectivity index (χ0n) is 8.91. The van der Waals surface area contributed by atoms with Gasteiger partial charge in [0.1, 0.15) is 0 Å². The van der Waals surface area contributed by atoms with Crippen LogP contribution in [-0.2, 0) is 0 Å². The number of hydrogen-bond acceptors (Lipinski definition) is 2. The lowest BCUT2D eigenvalue weighted by atomic mass is 10.1. The molecule has 1 atom stereocenters. The van der Waals surface area contributed by atoms with E-state index in [2.05, 4.69) is 17.9 Å². The van der Waals surface area contributed by atoms with Gasteiger partial charge in [0.05, 0.1) is 12.5 Å². The normalized spacial score (nSPS) is 23.1. The Balaban J connectivity index is 1.97. The highest BCUT2D eigenvalue weighted by Crippen LogP contribution is 2.31. The van der Waals surface area contributed by atoms with Gasteiger partial charge in [0.25, 0.3) is 0 Å². The van der Waals surface area contributed by atoms with E-state index in [0.717, 1.165) is 0 Å². The molecule has 0 aliphatic carbocycles. The van der Waals surface area contributed by atoms with Crippen molar-refractivity contribution in [2.24, 2.45) is 0 Å². The van der Waals surface area contributed by atoms with Crippen LogP contribution < -0.4 is 0 Å². The molecule has 78 valence electrons. The monoisotopic (exact) mass is 193 g/mol. The lowest BCUT2D eigenvalue weighted by Gasteiger charge is -2.23. The second kappa shape index (κ2) is 4.65. The summed E-state index contributed by atoms with van der Waals surface area (Å²) in [5, 5.41) is 0. The first kappa shape index (κ1) is 9.78. The topological polar surface area (TPSA) is 16.4 Å². The van der Waals surface area contributed by atoms with Gasteiger partial charge in [-0.05, 0) is 38.4 Å². The van der Waals surface area contributed by atoms with Gasteiger partial charge in [-0.25, -0.2) is 0 Å². The van der Waals surface area contributed by atoms with E-state index in [-0.39, 0.29) is 0 Å². The fourth-order valence-corrected chi connectivity index (χ4v) is 2.30. The largest absolute Gasteiger partial charge is 0.472 e. The summed E-state index contributed by atoms with van der Waals surface area (Å²) in [6, 6.07) is 2.73. The molecule has 2 heteroatoms. The molecule has 0 amide bonds. The fraction of sp³-hybridized carbons (Fsp3) is 0.667. The van der Waals surface area contributed by atoms with Crippen molar-refractivity contribution in [1.29, 1.82) is 0 Å². The lowest BCUT2D eigenvalue weighted by Crippen LogP contribution is -2.23. The van der Waals surface area contributed by atoms with Gasteiger partial charge in [-0.1, -0.05) is 13.3 Å². The Morgan fingerprint density at radius 3 is 3.21 bits per heavy atom. The van der Waals surface area contributed by atoms with Gasteiger partial charge in [-0.3, -0.25) is 4.90 Å². The molecule has 0 N–H and O–H groups in total. The molecule has 14 heavy (non-hydrogen) atoms. The van der Waals surface area contributed by atoms with E-state index in [1.54, 1.807) is 6.26 Å². The lowest BCUT2D eigenvalue weighted by molar-refractivity contribution is 0.252. The third-order valence-corrected chi connectivity index (χ3v) is 3.09. The van der Waals surface area contributed by atoms with Crippen molar-refractivity contribution >= 4 is 0 Å². The van der Waals surface area contributed by atoms with Crippen molar-refractivity contribution in [3.8, 4) is 0 Å². The van der Waals surface area contributed by atoms with Crippen LogP contribution in [0.4, 0.5) is 0 Å². The highest BCUT2D eigenvalue weighted by atomic mass is 16.3. The van der Waals surface area contributed by atoms with Gasteiger partial charge >= 0.3 is 0 Å². The second-order valence-electron chi connectivity index (χ2n) is 4.10. The summed E-state index contributed by atoms with van der Waals surface area (Å²) < 4.78 is 5.15. The van der Waals surface area contributed by atoms with Crippen LogP contribution in [0.25, 0.3) is 0 Å². The molecule has 1 aromatic heterocycles. The van der Waals surface area contributed by atoms with Crippen molar-refractivity contribution < 1.29 is 4.42 Å². The van der Waals surface area contributed by atoms with E-state index in [4.69, 9.17) is 4.42 Å². The number of hydrogen-bond donors (Lipinski definition) is 0. The molecule has 1 fully saturated rings. The van der Waals surface area contributed by atoms with Gasteiger partial charge in [-0.15, -0.1) is 0 Å². The first-order valence-corrected chi connectivity index (χ1v) is 5.68. The third kappa shape index (κ3) is 2.01. The minimum atomic E-state index is 0.625. The summed E-state index contributed by atoms with van der Waals surface area (Å²) in [5.74, 6) is 0. The number of nitrogens with zero attached hydrogens (tertiary/aromatic N) is 1. The first-order valence-electron chi connectivity index (χ1n) is 5.68. The second-order valence-corrected chi connectivity index (χ2v) is 4.10. The van der Waals surface area contributed by atoms with Crippen LogP contribution in [-0.4, -0.2) is 18.0 Å². The Kier molecular flexibility index (Phi) is 3.25. The molecule has 1 aliphatic rings. The van der Waals surface area contributed by atoms with Gasteiger partial charge in [0.15, 0.2) is 0 Å². The number of unbranched alkanes of at least 4 members (excludes halogenated alkanes) is 1. The van der Waals surface area contributed by atoms with Crippen LogP contribution >= 0.6 is 0 Å². The Morgan fingerprint density at radius 2 is 2.50 bits per heavy atom. The average Bonchev–Trinajstić information content (AvgIpc) is 2.84. The van der Waals surface area contributed by atoms with Crippen molar-refractivity contribution in [1.82, 2.24) is 4.90 Å². The summed E-state index contributed by atoms with van der Waals surface area (Å²) in [7, 11) is 0. The van der Waals surface area contributed by atoms with E-state index in [9.17, 15) is 0 Å². The van der Waals surface area contributed by atoms with Crippen LogP contribution in [0.2, 0.25) is 0 Å². The summed E-state index contributed by atoms with van der Waals surface area (Å²) in [6.07, 6.45) is 8.91. The van der Waals surface area contributed by atoms with Crippen molar-refractivity contribution in [2.45, 2.75) is 38.6 Å². The molecule has 0 aromatic carbocycles. The molecule has 2 nitrogen and oxygen atoms in total. The summed E-state index contributed by atoms with van der Waals surface area (Å²) in [5.41, 5.74) is 1.36. The molecule has 0 saturated carbocycles. The van der Waals surface area contributed by atoms with Crippen LogP contribution in [0.1, 0.15) is 44.2 Å². The van der Waals surface area contributed by atoms with E-state index < -0.39 is 0 Å². The van der Waals surface area contributed by atoms with Gasteiger partial charge in [0.2, 0.25) is 0 Å². The minimum Gasteiger partial charge on any atom is -0.472 e. The van der Waals surface area contributed by atoms with E-state index in [1.165, 1.54) is 44.3 Å². The Hall–Kier alpha value is -0.760. The van der Waals surface area contributed by atoms with Crippen LogP contribution in [0, 0.1) is 0 Å². The highest BCUT2D eigenvalue weighted by Gasteiger charge is 2.25. The molecule has 0 bridgehead atoms. The predicted octanol–water partition coefficient (Wildman–Crippen LogP) is 3.22. The minimum absolute atomic E-state index is 0.625.